The molecule has 0 fully saturated rings. The first kappa shape index (κ1) is 64.1. The Balaban J connectivity index is 0.000000138. The van der Waals surface area contributed by atoms with Gasteiger partial charge in [0, 0.05) is 62.8 Å². The Morgan fingerprint density at radius 3 is 1.23 bits per heavy atom. The number of benzene rings is 13. The Hall–Kier alpha value is -9.97. The molecule has 0 amide bonds. The van der Waals surface area contributed by atoms with Gasteiger partial charge in [0.15, 0.2) is 0 Å². The van der Waals surface area contributed by atoms with E-state index in [0.29, 0.717) is 17.2 Å². The molecule has 0 aromatic heterocycles. The van der Waals surface area contributed by atoms with Crippen molar-refractivity contribution in [3.05, 3.63) is 328 Å². The number of aromatic hydroxyl groups is 6. The molecule has 0 saturated carbocycles. The van der Waals surface area contributed by atoms with Gasteiger partial charge in [-0.15, -0.1) is 0 Å². The maximum absolute atomic E-state index is 11.7. The fraction of sp³-hybridized carbons (Fsp3) is 0.119. The van der Waals surface area contributed by atoms with E-state index in [2.05, 4.69) is 166 Å². The van der Waals surface area contributed by atoms with E-state index in [1.54, 1.807) is 78.8 Å². The van der Waals surface area contributed by atoms with Crippen LogP contribution in [0.4, 0.5) is 0 Å². The number of phenolic OH excluding ortho intramolecular Hbond substituents is 6. The molecule has 6 N–H and O–H groups in total. The zero-order valence-electron chi connectivity index (χ0n) is 53.3. The van der Waals surface area contributed by atoms with Crippen molar-refractivity contribution in [3.63, 3.8) is 0 Å². The molecule has 0 bridgehead atoms. The monoisotopic (exact) mass is 1290 g/mol. The van der Waals surface area contributed by atoms with E-state index in [1.807, 2.05) is 106 Å². The number of rotatable bonds is 13. The number of fused-ring (bicyclic) bond motifs is 5. The minimum absolute atomic E-state index is 0.0555. The summed E-state index contributed by atoms with van der Waals surface area (Å²) in [5.74, 6) is 2.62. The van der Waals surface area contributed by atoms with E-state index < -0.39 is 10.8 Å². The lowest BCUT2D eigenvalue weighted by Gasteiger charge is -2.35. The van der Waals surface area contributed by atoms with Crippen LogP contribution in [0.1, 0.15) is 87.9 Å². The second-order valence-corrected chi connectivity index (χ2v) is 27.6. The molecule has 94 heavy (non-hydrogen) atoms. The van der Waals surface area contributed by atoms with Crippen molar-refractivity contribution in [1.29, 1.82) is 0 Å². The number of aryl methyl sites for hydroxylation is 3. The van der Waals surface area contributed by atoms with E-state index in [0.717, 1.165) is 85.2 Å². The topological polar surface area (TPSA) is 131 Å². The lowest BCUT2D eigenvalue weighted by Crippen LogP contribution is -2.26. The van der Waals surface area contributed by atoms with E-state index in [-0.39, 0.29) is 23.2 Å². The SMILES string of the molecule is COc1ccc(C(C)c2cc(Sc3ccc(O)cc3)cc(C)c2O)cc1.Cc1cc(Sc2ccc(O)cc2)cc(C(C)(c2cccc3ccccc23)c2cccc3ccccc23)c1O.Cc1cc(Sc2ccc(O)cc2)cc(C2(C)c3ccccc3-c3ccccc32)c1O. The van der Waals surface area contributed by atoms with Crippen molar-refractivity contribution < 1.29 is 35.4 Å². The van der Waals surface area contributed by atoms with Gasteiger partial charge in [-0.25, -0.2) is 0 Å². The van der Waals surface area contributed by atoms with Gasteiger partial charge >= 0.3 is 0 Å². The highest BCUT2D eigenvalue weighted by Gasteiger charge is 2.43. The number of phenols is 6. The largest absolute Gasteiger partial charge is 0.508 e. The fourth-order valence-electron chi connectivity index (χ4n) is 13.1. The summed E-state index contributed by atoms with van der Waals surface area (Å²) in [5.41, 5.74) is 12.4. The van der Waals surface area contributed by atoms with E-state index >= 15 is 0 Å². The average molecular weight is 1290 g/mol. The highest BCUT2D eigenvalue weighted by atomic mass is 32.2. The fourth-order valence-corrected chi connectivity index (χ4v) is 15.9. The van der Waals surface area contributed by atoms with Gasteiger partial charge < -0.3 is 35.4 Å². The summed E-state index contributed by atoms with van der Waals surface area (Å²) in [6.45, 7) is 12.4. The van der Waals surface area contributed by atoms with Crippen molar-refractivity contribution >= 4 is 56.8 Å². The molecule has 14 rings (SSSR count). The smallest absolute Gasteiger partial charge is 0.122 e. The molecule has 1 aliphatic rings. The van der Waals surface area contributed by atoms with Crippen LogP contribution in [0.3, 0.4) is 0 Å². The molecule has 0 spiro atoms. The summed E-state index contributed by atoms with van der Waals surface area (Å²) in [5, 5.41) is 66.8. The van der Waals surface area contributed by atoms with Crippen molar-refractivity contribution in [2.75, 3.05) is 7.11 Å². The third-order valence-corrected chi connectivity index (χ3v) is 21.0. The van der Waals surface area contributed by atoms with Gasteiger partial charge in [-0.1, -0.05) is 188 Å². The minimum atomic E-state index is -0.651. The van der Waals surface area contributed by atoms with Crippen molar-refractivity contribution in [2.24, 2.45) is 0 Å². The number of ether oxygens (including phenoxy) is 1. The Kier molecular flexibility index (Phi) is 18.6. The molecule has 0 aliphatic heterocycles. The second-order valence-electron chi connectivity index (χ2n) is 24.1. The molecule has 0 radical (unpaired) electrons. The molecule has 0 saturated heterocycles. The highest BCUT2D eigenvalue weighted by molar-refractivity contribution is 7.99. The Morgan fingerprint density at radius 1 is 0.372 bits per heavy atom. The van der Waals surface area contributed by atoms with E-state index in [4.69, 9.17) is 4.74 Å². The summed E-state index contributed by atoms with van der Waals surface area (Å²) < 4.78 is 5.22. The summed E-state index contributed by atoms with van der Waals surface area (Å²) >= 11 is 4.87. The predicted molar refractivity (Wildman–Crippen MR) is 387 cm³/mol. The highest BCUT2D eigenvalue weighted by Crippen LogP contribution is 2.56. The Labute approximate surface area is 562 Å². The van der Waals surface area contributed by atoms with Crippen molar-refractivity contribution in [2.45, 2.75) is 87.7 Å². The molecule has 7 nitrogen and oxygen atoms in total. The van der Waals surface area contributed by atoms with Gasteiger partial charge in [0.1, 0.15) is 40.2 Å². The molecule has 0 heterocycles. The number of hydrogen-bond donors (Lipinski definition) is 6. The van der Waals surface area contributed by atoms with Gasteiger partial charge in [0.05, 0.1) is 7.11 Å². The molecule has 1 unspecified atom stereocenters. The predicted octanol–water partition coefficient (Wildman–Crippen LogP) is 21.8. The second kappa shape index (κ2) is 27.3. The van der Waals surface area contributed by atoms with Crippen LogP contribution < -0.4 is 4.74 Å². The van der Waals surface area contributed by atoms with E-state index in [9.17, 15) is 30.6 Å². The molecular weight excluding hydrogens is 1220 g/mol. The molecule has 468 valence electrons. The van der Waals surface area contributed by atoms with Crippen LogP contribution in [0.25, 0.3) is 32.7 Å². The molecule has 13 aromatic carbocycles. The molecule has 1 aliphatic carbocycles. The normalized spacial score (nSPS) is 12.4. The minimum Gasteiger partial charge on any atom is -0.508 e. The number of hydrogen-bond acceptors (Lipinski definition) is 10. The quantitative estimate of drug-likeness (QED) is 0.0621. The van der Waals surface area contributed by atoms with Gasteiger partial charge in [-0.05, 0) is 233 Å². The van der Waals surface area contributed by atoms with Gasteiger partial charge in [0.25, 0.3) is 0 Å². The van der Waals surface area contributed by atoms with Crippen LogP contribution in [0.2, 0.25) is 0 Å². The van der Waals surface area contributed by atoms with Crippen molar-refractivity contribution in [1.82, 2.24) is 0 Å². The average Bonchev–Trinajstić information content (AvgIpc) is 1.31. The molecule has 1 atom stereocenters. The first-order chi connectivity index (χ1) is 45.4. The van der Waals surface area contributed by atoms with Gasteiger partial charge in [-0.2, -0.15) is 0 Å². The van der Waals surface area contributed by atoms with Crippen LogP contribution in [0, 0.1) is 20.8 Å². The zero-order chi connectivity index (χ0) is 65.8. The first-order valence-electron chi connectivity index (χ1n) is 31.1. The first-order valence-corrected chi connectivity index (χ1v) is 33.6. The Bertz CT molecular complexity index is 4760. The van der Waals surface area contributed by atoms with Crippen LogP contribution in [-0.2, 0) is 10.8 Å². The summed E-state index contributed by atoms with van der Waals surface area (Å²) in [4.78, 5) is 6.26. The summed E-state index contributed by atoms with van der Waals surface area (Å²) in [6.07, 6.45) is 0. The lowest BCUT2D eigenvalue weighted by atomic mass is 9.68. The maximum Gasteiger partial charge on any atom is 0.122 e. The van der Waals surface area contributed by atoms with Crippen LogP contribution >= 0.6 is 35.3 Å². The summed E-state index contributed by atoms with van der Waals surface area (Å²) in [7, 11) is 1.65. The molecule has 13 aromatic rings. The molecular formula is C84H72O7S3. The van der Waals surface area contributed by atoms with Gasteiger partial charge in [-0.3, -0.25) is 0 Å². The zero-order valence-corrected chi connectivity index (χ0v) is 55.7. The Morgan fingerprint density at radius 2 is 0.766 bits per heavy atom. The van der Waals surface area contributed by atoms with Crippen LogP contribution in [0.15, 0.2) is 296 Å². The van der Waals surface area contributed by atoms with Crippen molar-refractivity contribution in [3.8, 4) is 51.4 Å². The van der Waals surface area contributed by atoms with Crippen LogP contribution in [-0.4, -0.2) is 37.7 Å². The maximum atomic E-state index is 11.7. The lowest BCUT2D eigenvalue weighted by molar-refractivity contribution is 0.414. The third kappa shape index (κ3) is 12.9. The standard InChI is InChI=1S/C35H28O2S.C27H22O2S.C22H22O3S/c1-23-21-28(38-27-19-17-26(36)18-20-27)22-33(34(23)37)35(2,31-15-7-11-24-9-3-5-13-29(24)31)32-16-8-12-25-10-4-6-14-30(25)32;1-17-15-20(30-19-13-11-18(28)12-14-19)16-25(26(17)29)27(2)23-9-5-3-7-21(23)22-8-4-6-10-24(22)27;1-14-12-20(26-19-10-6-17(23)7-11-19)13-21(22(14)24)15(2)16-4-8-18(25-3)9-5-16/h3-22,36-37H,1-2H3;3-16,28-29H,1-2H3;4-13,15,23-24H,1-3H3. The summed E-state index contributed by atoms with van der Waals surface area (Å²) in [6, 6.07) is 88.6. The molecule has 10 heteroatoms. The number of methoxy groups -OCH3 is 1. The third-order valence-electron chi connectivity index (χ3n) is 18.1. The van der Waals surface area contributed by atoms with Crippen LogP contribution in [0.5, 0.6) is 40.2 Å². The van der Waals surface area contributed by atoms with Gasteiger partial charge in [0.2, 0.25) is 0 Å². The van der Waals surface area contributed by atoms with E-state index in [1.165, 1.54) is 43.8 Å².